The predicted molar refractivity (Wildman–Crippen MR) is 80.0 cm³/mol. The number of nitrogens with two attached hydrogens (primary N) is 1. The summed E-state index contributed by atoms with van der Waals surface area (Å²) in [5.41, 5.74) is 5.33. The lowest BCUT2D eigenvalue weighted by molar-refractivity contribution is -0.131. The Bertz CT molecular complexity index is 269. The van der Waals surface area contributed by atoms with Crippen LogP contribution in [0.15, 0.2) is 0 Å². The van der Waals surface area contributed by atoms with Gasteiger partial charge in [-0.05, 0) is 39.2 Å². The van der Waals surface area contributed by atoms with E-state index in [0.29, 0.717) is 12.6 Å². The summed E-state index contributed by atoms with van der Waals surface area (Å²) in [5, 5.41) is 3.19. The number of hydrogen-bond donors (Lipinski definition) is 2. The highest BCUT2D eigenvalue weighted by molar-refractivity contribution is 5.82. The molecule has 1 fully saturated rings. The molecule has 1 heterocycles. The smallest absolute Gasteiger partial charge is 0.227 e. The van der Waals surface area contributed by atoms with Gasteiger partial charge < -0.3 is 16.0 Å². The molecule has 0 aliphatic carbocycles. The fourth-order valence-corrected chi connectivity index (χ4v) is 2.44. The van der Waals surface area contributed by atoms with Crippen molar-refractivity contribution in [2.75, 3.05) is 26.2 Å². The molecule has 4 heteroatoms. The zero-order valence-electron chi connectivity index (χ0n) is 12.9. The van der Waals surface area contributed by atoms with Gasteiger partial charge in [0.05, 0.1) is 5.41 Å². The van der Waals surface area contributed by atoms with Crippen molar-refractivity contribution in [3.05, 3.63) is 0 Å². The number of carbonyl (C=O) groups excluding carboxylic acids is 1. The summed E-state index contributed by atoms with van der Waals surface area (Å²) in [6.45, 7) is 10.0. The molecule has 0 radical (unpaired) electrons. The maximum Gasteiger partial charge on any atom is 0.227 e. The van der Waals surface area contributed by atoms with Crippen molar-refractivity contribution in [3.8, 4) is 0 Å². The van der Waals surface area contributed by atoms with Gasteiger partial charge >= 0.3 is 0 Å². The molecule has 0 aromatic rings. The first-order chi connectivity index (χ1) is 9.05. The first kappa shape index (κ1) is 16.4. The molecule has 0 aromatic carbocycles. The number of nitrogens with zero attached hydrogens (tertiary/aromatic N) is 1. The zero-order chi connectivity index (χ0) is 14.3. The Balaban J connectivity index is 2.34. The molecule has 4 nitrogen and oxygen atoms in total. The van der Waals surface area contributed by atoms with Gasteiger partial charge in [0, 0.05) is 25.7 Å². The minimum absolute atomic E-state index is 0.129. The van der Waals surface area contributed by atoms with Crippen molar-refractivity contribution in [2.45, 2.75) is 58.9 Å². The van der Waals surface area contributed by atoms with Crippen LogP contribution in [-0.4, -0.2) is 43.0 Å². The van der Waals surface area contributed by atoms with Crippen molar-refractivity contribution < 1.29 is 4.79 Å². The first-order valence-corrected chi connectivity index (χ1v) is 7.79. The Hall–Kier alpha value is -0.610. The van der Waals surface area contributed by atoms with E-state index in [9.17, 15) is 4.79 Å². The lowest BCUT2D eigenvalue weighted by Crippen LogP contribution is -2.50. The number of nitrogens with one attached hydrogen (secondary N) is 1. The number of hydrogen-bond acceptors (Lipinski definition) is 3. The van der Waals surface area contributed by atoms with E-state index in [1.165, 1.54) is 19.4 Å². The highest BCUT2D eigenvalue weighted by Crippen LogP contribution is 2.21. The number of amides is 1. The van der Waals surface area contributed by atoms with Crippen molar-refractivity contribution in [1.29, 1.82) is 0 Å². The summed E-state index contributed by atoms with van der Waals surface area (Å²) in [6, 6.07) is 0.336. The second kappa shape index (κ2) is 7.85. The largest absolute Gasteiger partial charge is 0.353 e. The van der Waals surface area contributed by atoms with Crippen LogP contribution in [0.4, 0.5) is 0 Å². The third-order valence-electron chi connectivity index (χ3n) is 4.53. The quantitative estimate of drug-likeness (QED) is 0.740. The molecule has 0 aromatic heterocycles. The molecule has 1 saturated heterocycles. The van der Waals surface area contributed by atoms with E-state index in [4.69, 9.17) is 5.73 Å². The Morgan fingerprint density at radius 1 is 1.37 bits per heavy atom. The normalized spacial score (nSPS) is 21.1. The number of piperidine rings is 1. The second-order valence-corrected chi connectivity index (χ2v) is 6.06. The van der Waals surface area contributed by atoms with Crippen LogP contribution in [0.3, 0.4) is 0 Å². The molecule has 19 heavy (non-hydrogen) atoms. The van der Waals surface area contributed by atoms with Gasteiger partial charge in [0.25, 0.3) is 0 Å². The van der Waals surface area contributed by atoms with Crippen LogP contribution in [0.2, 0.25) is 0 Å². The van der Waals surface area contributed by atoms with E-state index in [2.05, 4.69) is 17.1 Å². The molecule has 1 rings (SSSR count). The van der Waals surface area contributed by atoms with Crippen LogP contribution in [0, 0.1) is 5.41 Å². The van der Waals surface area contributed by atoms with E-state index in [-0.39, 0.29) is 5.91 Å². The molecular weight excluding hydrogens is 238 g/mol. The first-order valence-electron chi connectivity index (χ1n) is 7.79. The molecule has 1 aliphatic rings. The minimum atomic E-state index is -0.403. The average molecular weight is 269 g/mol. The second-order valence-electron chi connectivity index (χ2n) is 6.06. The van der Waals surface area contributed by atoms with Crippen molar-refractivity contribution in [1.82, 2.24) is 10.2 Å². The van der Waals surface area contributed by atoms with E-state index >= 15 is 0 Å². The third-order valence-corrected chi connectivity index (χ3v) is 4.53. The summed E-state index contributed by atoms with van der Waals surface area (Å²) in [4.78, 5) is 14.8. The molecule has 1 unspecified atom stereocenters. The van der Waals surface area contributed by atoms with Gasteiger partial charge in [0.2, 0.25) is 5.91 Å². The molecule has 3 N–H and O–H groups in total. The number of rotatable bonds is 7. The van der Waals surface area contributed by atoms with Crippen molar-refractivity contribution >= 4 is 5.91 Å². The van der Waals surface area contributed by atoms with E-state index in [1.807, 2.05) is 13.8 Å². The van der Waals surface area contributed by atoms with Gasteiger partial charge in [-0.1, -0.05) is 20.3 Å². The Labute approximate surface area is 118 Å². The molecule has 1 amide bonds. The lowest BCUT2D eigenvalue weighted by atomic mass is 9.86. The predicted octanol–water partition coefficient (Wildman–Crippen LogP) is 1.74. The summed E-state index contributed by atoms with van der Waals surface area (Å²) < 4.78 is 0. The molecule has 1 atom stereocenters. The standard InChI is InChI=1S/C15H31N3O/c1-4-6-9-18-10-7-13(8-11-18)17-14(19)15(3,5-2)12-16/h13H,4-12,16H2,1-3H3,(H,17,19). The average Bonchev–Trinajstić information content (AvgIpc) is 2.45. The monoisotopic (exact) mass is 269 g/mol. The van der Waals surface area contributed by atoms with Crippen LogP contribution in [0.1, 0.15) is 52.9 Å². The summed E-state index contributed by atoms with van der Waals surface area (Å²) in [6.07, 6.45) is 5.46. The fourth-order valence-electron chi connectivity index (χ4n) is 2.44. The SMILES string of the molecule is CCCCN1CCC(NC(=O)C(C)(CC)CN)CC1. The fraction of sp³-hybridized carbons (Fsp3) is 0.933. The Kier molecular flexibility index (Phi) is 6.80. The molecule has 112 valence electrons. The van der Waals surface area contributed by atoms with Crippen LogP contribution in [0.5, 0.6) is 0 Å². The molecule has 0 bridgehead atoms. The topological polar surface area (TPSA) is 58.4 Å². The van der Waals surface area contributed by atoms with Gasteiger partial charge in [0.1, 0.15) is 0 Å². The Morgan fingerprint density at radius 2 is 2.00 bits per heavy atom. The number of likely N-dealkylation sites (tertiary alicyclic amines) is 1. The number of carbonyl (C=O) groups is 1. The third kappa shape index (κ3) is 4.77. The highest BCUT2D eigenvalue weighted by atomic mass is 16.2. The summed E-state index contributed by atoms with van der Waals surface area (Å²) in [7, 11) is 0. The molecule has 1 aliphatic heterocycles. The van der Waals surface area contributed by atoms with E-state index in [0.717, 1.165) is 32.4 Å². The minimum Gasteiger partial charge on any atom is -0.353 e. The van der Waals surface area contributed by atoms with Gasteiger partial charge in [-0.3, -0.25) is 4.79 Å². The zero-order valence-corrected chi connectivity index (χ0v) is 12.9. The van der Waals surface area contributed by atoms with Crippen LogP contribution in [-0.2, 0) is 4.79 Å². The van der Waals surface area contributed by atoms with E-state index in [1.54, 1.807) is 0 Å². The lowest BCUT2D eigenvalue weighted by Gasteiger charge is -2.34. The molecule has 0 saturated carbocycles. The van der Waals surface area contributed by atoms with Crippen LogP contribution < -0.4 is 11.1 Å². The molecular formula is C15H31N3O. The Morgan fingerprint density at radius 3 is 2.47 bits per heavy atom. The summed E-state index contributed by atoms with van der Waals surface area (Å²) in [5.74, 6) is 0.129. The van der Waals surface area contributed by atoms with Gasteiger partial charge in [-0.15, -0.1) is 0 Å². The molecule has 0 spiro atoms. The van der Waals surface area contributed by atoms with Crippen LogP contribution in [0.25, 0.3) is 0 Å². The highest BCUT2D eigenvalue weighted by Gasteiger charge is 2.31. The van der Waals surface area contributed by atoms with Gasteiger partial charge in [0.15, 0.2) is 0 Å². The van der Waals surface area contributed by atoms with Crippen molar-refractivity contribution in [3.63, 3.8) is 0 Å². The summed E-state index contributed by atoms with van der Waals surface area (Å²) >= 11 is 0. The van der Waals surface area contributed by atoms with Crippen molar-refractivity contribution in [2.24, 2.45) is 11.1 Å². The maximum absolute atomic E-state index is 12.2. The van der Waals surface area contributed by atoms with Gasteiger partial charge in [-0.2, -0.15) is 0 Å². The number of unbranched alkanes of at least 4 members (excludes halogenated alkanes) is 1. The van der Waals surface area contributed by atoms with E-state index < -0.39 is 5.41 Å². The maximum atomic E-state index is 12.2. The van der Waals surface area contributed by atoms with Gasteiger partial charge in [-0.25, -0.2) is 0 Å². The van der Waals surface area contributed by atoms with Crippen LogP contribution >= 0.6 is 0 Å².